The van der Waals surface area contributed by atoms with E-state index in [1.807, 2.05) is 41.1 Å². The van der Waals surface area contributed by atoms with E-state index in [1.54, 1.807) is 17.4 Å². The first-order chi connectivity index (χ1) is 13.5. The van der Waals surface area contributed by atoms with Gasteiger partial charge < -0.3 is 24.6 Å². The van der Waals surface area contributed by atoms with E-state index in [2.05, 4.69) is 10.3 Å². The number of nitrogens with zero attached hydrogens (tertiary/aromatic N) is 3. The van der Waals surface area contributed by atoms with E-state index < -0.39 is 17.7 Å². The first kappa shape index (κ1) is 18.6. The van der Waals surface area contributed by atoms with Crippen LogP contribution in [0.4, 0.5) is 0 Å². The van der Waals surface area contributed by atoms with Crippen LogP contribution in [0, 0.1) is 0 Å². The molecule has 148 valence electrons. The first-order valence-corrected chi connectivity index (χ1v) is 9.47. The molecule has 28 heavy (non-hydrogen) atoms. The van der Waals surface area contributed by atoms with Gasteiger partial charge in [-0.3, -0.25) is 9.59 Å². The molecule has 0 spiro atoms. The van der Waals surface area contributed by atoms with Crippen LogP contribution in [0.1, 0.15) is 24.4 Å². The van der Waals surface area contributed by atoms with Crippen LogP contribution in [0.15, 0.2) is 49.1 Å². The van der Waals surface area contributed by atoms with Gasteiger partial charge in [0.05, 0.1) is 24.5 Å². The number of nitrogens with one attached hydrogen (secondary N) is 1. The fourth-order valence-electron chi connectivity index (χ4n) is 3.89. The molecule has 3 heterocycles. The van der Waals surface area contributed by atoms with Gasteiger partial charge in [0, 0.05) is 25.5 Å². The Kier molecular flexibility index (Phi) is 5.15. The summed E-state index contributed by atoms with van der Waals surface area (Å²) in [6.45, 7) is 1.22. The van der Waals surface area contributed by atoms with Crippen LogP contribution in [-0.2, 0) is 20.9 Å². The Balaban J connectivity index is 1.43. The number of aromatic nitrogens is 2. The number of hydrogen-bond donors (Lipinski definition) is 2. The van der Waals surface area contributed by atoms with Crippen molar-refractivity contribution in [3.05, 3.63) is 54.6 Å². The SMILES string of the molecule is O=C1CO[C@H](C(=O)N2CCC(O)(Cn3ccnc3)CC2)[C@@H](c2ccccc2)N1. The molecule has 2 aromatic rings. The summed E-state index contributed by atoms with van der Waals surface area (Å²) in [4.78, 5) is 30.7. The molecule has 2 atom stereocenters. The van der Waals surface area contributed by atoms with Crippen molar-refractivity contribution in [1.29, 1.82) is 0 Å². The van der Waals surface area contributed by atoms with Crippen molar-refractivity contribution in [2.75, 3.05) is 19.7 Å². The molecule has 0 radical (unpaired) electrons. The Bertz CT molecular complexity index is 816. The van der Waals surface area contributed by atoms with Gasteiger partial charge >= 0.3 is 0 Å². The average molecular weight is 384 g/mol. The fourth-order valence-corrected chi connectivity index (χ4v) is 3.89. The third-order valence-electron chi connectivity index (χ3n) is 5.46. The summed E-state index contributed by atoms with van der Waals surface area (Å²) >= 11 is 0. The molecule has 8 heteroatoms. The fraction of sp³-hybridized carbons (Fsp3) is 0.450. The maximum absolute atomic E-state index is 13.1. The molecule has 0 aliphatic carbocycles. The highest BCUT2D eigenvalue weighted by atomic mass is 16.5. The van der Waals surface area contributed by atoms with Crippen LogP contribution in [0.3, 0.4) is 0 Å². The molecule has 8 nitrogen and oxygen atoms in total. The number of hydrogen-bond acceptors (Lipinski definition) is 5. The summed E-state index contributed by atoms with van der Waals surface area (Å²) in [5, 5.41) is 13.7. The molecular formula is C20H24N4O4. The van der Waals surface area contributed by atoms with Crippen molar-refractivity contribution >= 4 is 11.8 Å². The number of imidazole rings is 1. The van der Waals surface area contributed by atoms with Gasteiger partial charge in [0.15, 0.2) is 6.10 Å². The van der Waals surface area contributed by atoms with Gasteiger partial charge in [-0.25, -0.2) is 4.98 Å². The topological polar surface area (TPSA) is 96.7 Å². The lowest BCUT2D eigenvalue weighted by molar-refractivity contribution is -0.158. The molecule has 0 saturated carbocycles. The smallest absolute Gasteiger partial charge is 0.254 e. The number of rotatable bonds is 4. The van der Waals surface area contributed by atoms with Crippen molar-refractivity contribution in [2.24, 2.45) is 0 Å². The number of morpholine rings is 1. The van der Waals surface area contributed by atoms with E-state index in [1.165, 1.54) is 0 Å². The first-order valence-electron chi connectivity index (χ1n) is 9.47. The maximum Gasteiger partial charge on any atom is 0.254 e. The molecule has 4 rings (SSSR count). The van der Waals surface area contributed by atoms with Gasteiger partial charge in [-0.2, -0.15) is 0 Å². The Morgan fingerprint density at radius 2 is 2.04 bits per heavy atom. The van der Waals surface area contributed by atoms with Crippen LogP contribution in [0.25, 0.3) is 0 Å². The molecule has 0 unspecified atom stereocenters. The molecule has 2 aliphatic rings. The summed E-state index contributed by atoms with van der Waals surface area (Å²) in [6.07, 6.45) is 5.37. The van der Waals surface area contributed by atoms with Gasteiger partial charge in [-0.15, -0.1) is 0 Å². The Morgan fingerprint density at radius 1 is 1.29 bits per heavy atom. The average Bonchev–Trinajstić information content (AvgIpc) is 3.21. The van der Waals surface area contributed by atoms with Crippen molar-refractivity contribution < 1.29 is 19.4 Å². The van der Waals surface area contributed by atoms with Crippen LogP contribution in [-0.4, -0.2) is 62.8 Å². The van der Waals surface area contributed by atoms with Gasteiger partial charge in [0.25, 0.3) is 5.91 Å². The highest BCUT2D eigenvalue weighted by Crippen LogP contribution is 2.28. The second kappa shape index (κ2) is 7.73. The lowest BCUT2D eigenvalue weighted by atomic mass is 9.90. The van der Waals surface area contributed by atoms with Crippen LogP contribution < -0.4 is 5.32 Å². The number of piperidine rings is 1. The number of carbonyl (C=O) groups excluding carboxylic acids is 2. The molecule has 2 aliphatic heterocycles. The highest BCUT2D eigenvalue weighted by Gasteiger charge is 2.41. The largest absolute Gasteiger partial charge is 0.388 e. The van der Waals surface area contributed by atoms with Gasteiger partial charge in [-0.1, -0.05) is 30.3 Å². The summed E-state index contributed by atoms with van der Waals surface area (Å²) in [5.41, 5.74) is -0.0275. The lowest BCUT2D eigenvalue weighted by Gasteiger charge is -2.41. The Morgan fingerprint density at radius 3 is 2.71 bits per heavy atom. The Hall–Kier alpha value is -2.71. The molecule has 2 N–H and O–H groups in total. The third kappa shape index (κ3) is 3.93. The van der Waals surface area contributed by atoms with Crippen LogP contribution in [0.5, 0.6) is 0 Å². The number of carbonyl (C=O) groups is 2. The number of likely N-dealkylation sites (tertiary alicyclic amines) is 1. The molecule has 0 bridgehead atoms. The quantitative estimate of drug-likeness (QED) is 0.800. The van der Waals surface area contributed by atoms with E-state index in [0.29, 0.717) is 32.5 Å². The molecule has 2 saturated heterocycles. The van der Waals surface area contributed by atoms with Crippen molar-refractivity contribution in [3.63, 3.8) is 0 Å². The summed E-state index contributed by atoms with van der Waals surface area (Å²) in [6, 6.07) is 8.86. The van der Waals surface area contributed by atoms with E-state index in [0.717, 1.165) is 5.56 Å². The van der Waals surface area contributed by atoms with Gasteiger partial charge in [0.2, 0.25) is 5.91 Å². The minimum absolute atomic E-state index is 0.127. The van der Waals surface area contributed by atoms with E-state index in [9.17, 15) is 14.7 Å². The summed E-state index contributed by atoms with van der Waals surface area (Å²) < 4.78 is 7.48. The highest BCUT2D eigenvalue weighted by molar-refractivity contribution is 5.86. The number of aliphatic hydroxyl groups is 1. The predicted octanol–water partition coefficient (Wildman–Crippen LogP) is 0.493. The summed E-state index contributed by atoms with van der Waals surface area (Å²) in [5.74, 6) is -0.384. The number of benzene rings is 1. The standard InChI is InChI=1S/C20H24N4O4/c25-16-12-28-18(17(22-16)15-4-2-1-3-5-15)19(26)24-9-6-20(27,7-10-24)13-23-11-8-21-14-23/h1-5,8,11,14,17-18,27H,6-7,9-10,12-13H2,(H,22,25)/t17-,18+/m1/s1. The lowest BCUT2D eigenvalue weighted by Crippen LogP contribution is -2.56. The zero-order valence-electron chi connectivity index (χ0n) is 15.5. The zero-order chi connectivity index (χ0) is 19.6. The molecule has 2 amide bonds. The van der Waals surface area contributed by atoms with E-state index in [-0.39, 0.29) is 18.4 Å². The number of amides is 2. The molecule has 1 aromatic carbocycles. The van der Waals surface area contributed by atoms with Crippen LogP contribution >= 0.6 is 0 Å². The minimum atomic E-state index is -0.863. The monoisotopic (exact) mass is 384 g/mol. The summed E-state index contributed by atoms with van der Waals surface area (Å²) in [7, 11) is 0. The van der Waals surface area contributed by atoms with Crippen molar-refractivity contribution in [1.82, 2.24) is 19.8 Å². The van der Waals surface area contributed by atoms with Crippen LogP contribution in [0.2, 0.25) is 0 Å². The zero-order valence-corrected chi connectivity index (χ0v) is 15.5. The Labute approximate surface area is 163 Å². The molecule has 2 fully saturated rings. The normalized spacial score (nSPS) is 24.6. The van der Waals surface area contributed by atoms with Crippen molar-refractivity contribution in [2.45, 2.75) is 37.1 Å². The maximum atomic E-state index is 13.1. The van der Waals surface area contributed by atoms with Gasteiger partial charge in [-0.05, 0) is 18.4 Å². The minimum Gasteiger partial charge on any atom is -0.388 e. The van der Waals surface area contributed by atoms with Crippen molar-refractivity contribution in [3.8, 4) is 0 Å². The predicted molar refractivity (Wildman–Crippen MR) is 100 cm³/mol. The number of ether oxygens (including phenoxy) is 1. The van der Waals surface area contributed by atoms with Gasteiger partial charge in [0.1, 0.15) is 6.61 Å². The molecule has 1 aromatic heterocycles. The van der Waals surface area contributed by atoms with E-state index >= 15 is 0 Å². The third-order valence-corrected chi connectivity index (χ3v) is 5.46. The molecular weight excluding hydrogens is 360 g/mol. The van der Waals surface area contributed by atoms with E-state index in [4.69, 9.17) is 4.74 Å². The second-order valence-electron chi connectivity index (χ2n) is 7.47. The second-order valence-corrected chi connectivity index (χ2v) is 7.47.